The van der Waals surface area contributed by atoms with Crippen molar-refractivity contribution >= 4 is 49.9 Å². The largest absolute Gasteiger partial charge is 0.395 e. The first-order valence-electron chi connectivity index (χ1n) is 14.4. The fourth-order valence-corrected chi connectivity index (χ4v) is 7.77. The van der Waals surface area contributed by atoms with E-state index in [9.17, 15) is 23.1 Å². The Morgan fingerprint density at radius 1 is 1.14 bits per heavy atom. The van der Waals surface area contributed by atoms with Crippen molar-refractivity contribution in [2.75, 3.05) is 50.1 Å². The predicted molar refractivity (Wildman–Crippen MR) is 164 cm³/mol. The normalized spacial score (nSPS) is 18.3. The third kappa shape index (κ3) is 5.77. The number of amides is 2. The van der Waals surface area contributed by atoms with Gasteiger partial charge in [-0.2, -0.15) is 0 Å². The number of anilines is 3. The van der Waals surface area contributed by atoms with E-state index < -0.39 is 10.0 Å². The first kappa shape index (κ1) is 29.6. The lowest BCUT2D eigenvalue weighted by Crippen LogP contribution is -2.51. The summed E-state index contributed by atoms with van der Waals surface area (Å²) in [5.41, 5.74) is 2.33. The Morgan fingerprint density at radius 2 is 1.93 bits per heavy atom. The minimum Gasteiger partial charge on any atom is -0.395 e. The fourth-order valence-electron chi connectivity index (χ4n) is 5.82. The van der Waals surface area contributed by atoms with E-state index in [1.807, 2.05) is 30.9 Å². The lowest BCUT2D eigenvalue weighted by Gasteiger charge is -2.33. The molecule has 6 rings (SSSR count). The number of nitrogens with one attached hydrogen (secondary N) is 2. The Morgan fingerprint density at radius 3 is 2.63 bits per heavy atom. The van der Waals surface area contributed by atoms with Gasteiger partial charge in [0.1, 0.15) is 11.6 Å². The summed E-state index contributed by atoms with van der Waals surface area (Å²) >= 11 is 1.36. The first-order valence-corrected chi connectivity index (χ1v) is 16.7. The summed E-state index contributed by atoms with van der Waals surface area (Å²) in [7, 11) is -2.56. The molecule has 1 unspecified atom stereocenters. The summed E-state index contributed by atoms with van der Waals surface area (Å²) in [6, 6.07) is 8.93. The number of pyridine rings is 1. The summed E-state index contributed by atoms with van der Waals surface area (Å²) in [6.07, 6.45) is 2.17. The van der Waals surface area contributed by atoms with Gasteiger partial charge in [-0.15, -0.1) is 0 Å². The smallest absolute Gasteiger partial charge is 0.256 e. The highest BCUT2D eigenvalue weighted by molar-refractivity contribution is 7.89. The van der Waals surface area contributed by atoms with Gasteiger partial charge in [0.05, 0.1) is 34.2 Å². The Labute approximate surface area is 254 Å². The lowest BCUT2D eigenvalue weighted by molar-refractivity contribution is -0.121. The van der Waals surface area contributed by atoms with Gasteiger partial charge in [0, 0.05) is 32.2 Å². The highest BCUT2D eigenvalue weighted by atomic mass is 32.2. The lowest BCUT2D eigenvalue weighted by atomic mass is 10.0. The summed E-state index contributed by atoms with van der Waals surface area (Å²) < 4.78 is 28.6. The van der Waals surface area contributed by atoms with E-state index in [0.29, 0.717) is 65.7 Å². The second kappa shape index (κ2) is 11.6. The maximum Gasteiger partial charge on any atom is 0.256 e. The fraction of sp³-hybridized carbons (Fsp3) is 0.448. The third-order valence-electron chi connectivity index (χ3n) is 8.37. The average molecular weight is 626 g/mol. The van der Waals surface area contributed by atoms with E-state index >= 15 is 0 Å². The Bertz CT molecular complexity index is 1690. The van der Waals surface area contributed by atoms with Crippen LogP contribution in [0, 0.1) is 12.8 Å². The molecule has 4 heterocycles. The number of aromatic nitrogens is 2. The van der Waals surface area contributed by atoms with Crippen LogP contribution in [-0.4, -0.2) is 91.0 Å². The SMILES string of the molecule is CNS(=O)(=O)c1cc(-c2sc(Nc3cccc(N4CCN(CCO)CC4=O)n3)nc2C)cc2c1C(=O)N(C(C)C1CC1)C2. The number of hydrogen-bond acceptors (Lipinski definition) is 10. The van der Waals surface area contributed by atoms with Crippen LogP contribution < -0.4 is 14.9 Å². The number of aliphatic hydroxyl groups excluding tert-OH is 1. The van der Waals surface area contributed by atoms with E-state index in [4.69, 9.17) is 0 Å². The van der Waals surface area contributed by atoms with E-state index in [2.05, 4.69) is 20.0 Å². The molecule has 2 amide bonds. The van der Waals surface area contributed by atoms with Crippen LogP contribution in [0.3, 0.4) is 0 Å². The van der Waals surface area contributed by atoms with Crippen molar-refractivity contribution in [1.29, 1.82) is 0 Å². The van der Waals surface area contributed by atoms with Crippen molar-refractivity contribution in [1.82, 2.24) is 24.5 Å². The van der Waals surface area contributed by atoms with Gasteiger partial charge in [-0.25, -0.2) is 23.1 Å². The molecule has 14 heteroatoms. The van der Waals surface area contributed by atoms with Crippen LogP contribution in [0.15, 0.2) is 35.2 Å². The van der Waals surface area contributed by atoms with Crippen molar-refractivity contribution in [2.24, 2.45) is 5.92 Å². The molecule has 1 aromatic carbocycles. The number of β-amino-alcohol motifs (C(OH)–C–C–N with tert-alkyl or cyclic N) is 1. The standard InChI is InChI=1S/C29H35N7O5S2/c1-17-27(20-13-21-15-36(18(2)19-7-8-19)28(39)26(21)22(14-20)43(40,41)30-3)42-29(31-17)33-23-5-4-6-24(32-23)35-10-9-34(11-12-37)16-25(35)38/h4-6,13-14,18-19,30,37H,7-12,15-16H2,1-3H3,(H,31,32,33). The Kier molecular flexibility index (Phi) is 7.98. The van der Waals surface area contributed by atoms with E-state index in [1.165, 1.54) is 18.4 Å². The highest BCUT2D eigenvalue weighted by Gasteiger charge is 2.41. The molecule has 1 atom stereocenters. The molecule has 43 heavy (non-hydrogen) atoms. The number of aliphatic hydroxyl groups is 1. The van der Waals surface area contributed by atoms with Gasteiger partial charge in [-0.05, 0) is 75.0 Å². The van der Waals surface area contributed by atoms with Crippen LogP contribution in [0.4, 0.5) is 16.8 Å². The van der Waals surface area contributed by atoms with E-state index in [-0.39, 0.29) is 41.5 Å². The van der Waals surface area contributed by atoms with Crippen LogP contribution in [-0.2, 0) is 21.4 Å². The van der Waals surface area contributed by atoms with Crippen molar-refractivity contribution in [3.63, 3.8) is 0 Å². The topological polar surface area (TPSA) is 148 Å². The number of hydrogen-bond donors (Lipinski definition) is 3. The Hall–Kier alpha value is -3.43. The summed E-state index contributed by atoms with van der Waals surface area (Å²) in [5, 5.41) is 13.0. The van der Waals surface area contributed by atoms with Gasteiger partial charge >= 0.3 is 0 Å². The molecule has 0 radical (unpaired) electrons. The molecular formula is C29H35N7O5S2. The quantitative estimate of drug-likeness (QED) is 0.309. The molecule has 1 saturated heterocycles. The number of thiazole rings is 1. The number of carbonyl (C=O) groups excluding carboxylic acids is 2. The second-order valence-electron chi connectivity index (χ2n) is 11.2. The molecule has 12 nitrogen and oxygen atoms in total. The molecule has 1 saturated carbocycles. The van der Waals surface area contributed by atoms with Gasteiger partial charge in [0.15, 0.2) is 5.13 Å². The maximum absolute atomic E-state index is 13.5. The molecule has 2 aliphatic heterocycles. The minimum atomic E-state index is -3.91. The molecule has 3 aliphatic rings. The molecule has 3 N–H and O–H groups in total. The number of nitrogens with zero attached hydrogens (tertiary/aromatic N) is 5. The zero-order valence-corrected chi connectivity index (χ0v) is 26.0. The third-order valence-corrected chi connectivity index (χ3v) is 10.9. The van der Waals surface area contributed by atoms with E-state index in [1.54, 1.807) is 28.0 Å². The number of sulfonamides is 1. The van der Waals surface area contributed by atoms with Gasteiger partial charge in [-0.1, -0.05) is 17.4 Å². The molecule has 2 fully saturated rings. The highest BCUT2D eigenvalue weighted by Crippen LogP contribution is 2.42. The average Bonchev–Trinajstić information content (AvgIpc) is 3.70. The van der Waals surface area contributed by atoms with E-state index in [0.717, 1.165) is 17.7 Å². The predicted octanol–water partition coefficient (Wildman–Crippen LogP) is 2.56. The molecule has 228 valence electrons. The number of benzene rings is 1. The van der Waals surface area contributed by atoms with Crippen molar-refractivity contribution < 1.29 is 23.1 Å². The number of piperazine rings is 1. The van der Waals surface area contributed by atoms with Gasteiger partial charge in [0.25, 0.3) is 5.91 Å². The monoisotopic (exact) mass is 625 g/mol. The second-order valence-corrected chi connectivity index (χ2v) is 14.1. The summed E-state index contributed by atoms with van der Waals surface area (Å²) in [6.45, 7) is 6.09. The number of aryl methyl sites for hydroxylation is 1. The molecular weight excluding hydrogens is 590 g/mol. The molecule has 0 spiro atoms. The van der Waals surface area contributed by atoms with Crippen molar-refractivity contribution in [3.05, 3.63) is 47.2 Å². The summed E-state index contributed by atoms with van der Waals surface area (Å²) in [4.78, 5) is 41.6. The number of fused-ring (bicyclic) bond motifs is 1. The van der Waals surface area contributed by atoms with Crippen LogP contribution in [0.5, 0.6) is 0 Å². The zero-order chi connectivity index (χ0) is 30.5. The first-order chi connectivity index (χ1) is 20.6. The number of rotatable bonds is 10. The van der Waals surface area contributed by atoms with Crippen LogP contribution in [0.1, 0.15) is 41.4 Å². The summed E-state index contributed by atoms with van der Waals surface area (Å²) in [5.74, 6) is 1.19. The van der Waals surface area contributed by atoms with Gasteiger partial charge in [-0.3, -0.25) is 19.4 Å². The zero-order valence-electron chi connectivity index (χ0n) is 24.3. The van der Waals surface area contributed by atoms with Crippen LogP contribution >= 0.6 is 11.3 Å². The minimum absolute atomic E-state index is 0.00836. The van der Waals surface area contributed by atoms with Crippen molar-refractivity contribution in [2.45, 2.75) is 44.2 Å². The van der Waals surface area contributed by atoms with Gasteiger partial charge < -0.3 is 15.3 Å². The van der Waals surface area contributed by atoms with Crippen LogP contribution in [0.25, 0.3) is 10.4 Å². The Balaban J connectivity index is 1.28. The molecule has 3 aromatic rings. The maximum atomic E-state index is 13.5. The molecule has 0 bridgehead atoms. The molecule has 1 aliphatic carbocycles. The number of carbonyl (C=O) groups is 2. The van der Waals surface area contributed by atoms with Crippen LogP contribution in [0.2, 0.25) is 0 Å². The molecule has 2 aromatic heterocycles. The van der Waals surface area contributed by atoms with Gasteiger partial charge in [0.2, 0.25) is 15.9 Å². The van der Waals surface area contributed by atoms with Crippen molar-refractivity contribution in [3.8, 4) is 10.4 Å².